The molecule has 182 valence electrons. The molecule has 1 aliphatic rings. The van der Waals surface area contributed by atoms with E-state index in [0.29, 0.717) is 44.6 Å². The number of hydrogen-bond acceptors (Lipinski definition) is 6. The molecule has 4 rings (SSSR count). The third-order valence-electron chi connectivity index (χ3n) is 4.54. The van der Waals surface area contributed by atoms with E-state index in [4.69, 9.17) is 87.5 Å². The van der Waals surface area contributed by atoms with Crippen LogP contribution in [0.3, 0.4) is 0 Å². The number of ether oxygens (including phenoxy) is 3. The Morgan fingerprint density at radius 3 is 2.44 bits per heavy atom. The average Bonchev–Trinajstić information content (AvgIpc) is 3.40. The van der Waals surface area contributed by atoms with E-state index in [1.807, 2.05) is 10.8 Å². The minimum Gasteiger partial charge on any atom is -0.491 e. The van der Waals surface area contributed by atoms with Crippen molar-refractivity contribution in [2.75, 3.05) is 13.2 Å². The number of hydrogen-bond donors (Lipinski definition) is 1. The summed E-state index contributed by atoms with van der Waals surface area (Å²) in [5.41, 5.74) is 0.669. The van der Waals surface area contributed by atoms with E-state index in [1.165, 1.54) is 0 Å². The van der Waals surface area contributed by atoms with Gasteiger partial charge in [0.15, 0.2) is 0 Å². The van der Waals surface area contributed by atoms with Crippen molar-refractivity contribution in [3.05, 3.63) is 89.8 Å². The molecule has 9 nitrogen and oxygen atoms in total. The Hall–Kier alpha value is -1.98. The molecule has 14 heteroatoms. The normalized spacial score (nSPS) is 19.4. The van der Waals surface area contributed by atoms with Crippen molar-refractivity contribution in [1.29, 1.82) is 0 Å². The minimum atomic E-state index is -1.50. The standard InChI is InChI=1S/C20H15Cl5N2O3.HNO3/c21-12-1-2-15(16(22)5-12)20(10-27-4-3-26-11-27)29-9-14(30-20)8-28-13-6-17(23)19(25)18(24)7-13;2-1(3)4/h1-7,11,14H,8-10H2;(H,2,3,4)/t14-,20+;/m0./s1. The first-order valence-electron chi connectivity index (χ1n) is 9.43. The number of imidazole rings is 1. The Kier molecular flexibility index (Phi) is 9.11. The van der Waals surface area contributed by atoms with E-state index in [1.54, 1.807) is 42.9 Å². The largest absolute Gasteiger partial charge is 0.491 e. The summed E-state index contributed by atoms with van der Waals surface area (Å²) in [4.78, 5) is 12.4. The van der Waals surface area contributed by atoms with Gasteiger partial charge in [0, 0.05) is 35.1 Å². The lowest BCUT2D eigenvalue weighted by molar-refractivity contribution is -0.742. The Morgan fingerprint density at radius 1 is 1.18 bits per heavy atom. The van der Waals surface area contributed by atoms with E-state index in [-0.39, 0.29) is 17.7 Å². The molecule has 0 spiro atoms. The van der Waals surface area contributed by atoms with Crippen LogP contribution in [0.2, 0.25) is 25.1 Å². The second-order valence-corrected chi connectivity index (χ2v) is 8.95. The van der Waals surface area contributed by atoms with Crippen molar-refractivity contribution >= 4 is 58.0 Å². The number of aromatic nitrogens is 2. The molecule has 0 bridgehead atoms. The van der Waals surface area contributed by atoms with Gasteiger partial charge in [-0.15, -0.1) is 10.1 Å². The van der Waals surface area contributed by atoms with Gasteiger partial charge in [-0.25, -0.2) is 4.98 Å². The molecule has 34 heavy (non-hydrogen) atoms. The molecule has 2 atom stereocenters. The lowest BCUT2D eigenvalue weighted by atomic mass is 10.1. The van der Waals surface area contributed by atoms with Crippen molar-refractivity contribution in [1.82, 2.24) is 9.55 Å². The van der Waals surface area contributed by atoms with Crippen molar-refractivity contribution in [3.8, 4) is 5.75 Å². The zero-order valence-electron chi connectivity index (χ0n) is 17.0. The van der Waals surface area contributed by atoms with Gasteiger partial charge in [0.05, 0.1) is 39.6 Å². The SMILES string of the molecule is Clc1ccc([C@]2(Cn3ccnc3)OC[C@H](COc3cc(Cl)c(Cl)c(Cl)c3)O2)c(Cl)c1.O=[N+]([O-])O. The van der Waals surface area contributed by atoms with E-state index in [9.17, 15) is 0 Å². The molecule has 1 fully saturated rings. The highest BCUT2D eigenvalue weighted by atomic mass is 35.5. The molecular formula is C20H16Cl5N3O6. The third kappa shape index (κ3) is 6.79. The van der Waals surface area contributed by atoms with Crippen LogP contribution in [0, 0.1) is 10.1 Å². The third-order valence-corrected chi connectivity index (χ3v) is 6.29. The molecular weight excluding hydrogens is 556 g/mol. The van der Waals surface area contributed by atoms with Crippen LogP contribution in [-0.2, 0) is 21.8 Å². The van der Waals surface area contributed by atoms with Crippen LogP contribution in [0.25, 0.3) is 0 Å². The number of benzene rings is 2. The number of nitrogens with zero attached hydrogens (tertiary/aromatic N) is 3. The van der Waals surface area contributed by atoms with Crippen LogP contribution >= 0.6 is 58.0 Å². The molecule has 1 aromatic heterocycles. The Bertz CT molecular complexity index is 1120. The fourth-order valence-electron chi connectivity index (χ4n) is 3.18. The van der Waals surface area contributed by atoms with Gasteiger partial charge in [0.25, 0.3) is 5.09 Å². The van der Waals surface area contributed by atoms with Gasteiger partial charge in [0.2, 0.25) is 5.79 Å². The average molecular weight is 572 g/mol. The zero-order valence-corrected chi connectivity index (χ0v) is 20.8. The van der Waals surface area contributed by atoms with E-state index >= 15 is 0 Å². The van der Waals surface area contributed by atoms with Crippen molar-refractivity contribution in [2.24, 2.45) is 0 Å². The van der Waals surface area contributed by atoms with E-state index in [2.05, 4.69) is 4.98 Å². The van der Waals surface area contributed by atoms with E-state index < -0.39 is 10.9 Å². The highest BCUT2D eigenvalue weighted by Gasteiger charge is 2.45. The summed E-state index contributed by atoms with van der Waals surface area (Å²) in [5, 5.41) is 15.5. The van der Waals surface area contributed by atoms with Gasteiger partial charge in [-0.1, -0.05) is 64.1 Å². The molecule has 1 aliphatic heterocycles. The second kappa shape index (κ2) is 11.6. The molecule has 0 radical (unpaired) electrons. The van der Waals surface area contributed by atoms with Gasteiger partial charge >= 0.3 is 0 Å². The van der Waals surface area contributed by atoms with Crippen LogP contribution in [0.1, 0.15) is 5.56 Å². The molecule has 0 saturated carbocycles. The first kappa shape index (κ1) is 26.6. The second-order valence-electron chi connectivity index (χ2n) is 6.91. The van der Waals surface area contributed by atoms with Crippen LogP contribution in [-0.4, -0.2) is 39.2 Å². The van der Waals surface area contributed by atoms with Crippen LogP contribution in [0.5, 0.6) is 5.75 Å². The molecule has 1 N–H and O–H groups in total. The first-order chi connectivity index (χ1) is 16.1. The minimum absolute atomic E-state index is 0.213. The van der Waals surface area contributed by atoms with Crippen LogP contribution < -0.4 is 4.74 Å². The summed E-state index contributed by atoms with van der Waals surface area (Å²) in [6, 6.07) is 8.39. The zero-order chi connectivity index (χ0) is 24.9. The molecule has 3 aromatic rings. The van der Waals surface area contributed by atoms with Gasteiger partial charge in [-0.3, -0.25) is 0 Å². The summed E-state index contributed by atoms with van der Waals surface area (Å²) < 4.78 is 20.1. The topological polar surface area (TPSA) is 109 Å². The van der Waals surface area contributed by atoms with Gasteiger partial charge in [0.1, 0.15) is 18.5 Å². The van der Waals surface area contributed by atoms with Gasteiger partial charge in [-0.05, 0) is 12.1 Å². The smallest absolute Gasteiger partial charge is 0.291 e. The van der Waals surface area contributed by atoms with Crippen molar-refractivity contribution in [2.45, 2.75) is 18.4 Å². The maximum Gasteiger partial charge on any atom is 0.291 e. The number of rotatable bonds is 6. The highest BCUT2D eigenvalue weighted by molar-refractivity contribution is 6.48. The molecule has 2 aromatic carbocycles. The van der Waals surface area contributed by atoms with E-state index in [0.717, 1.165) is 0 Å². The Balaban J connectivity index is 0.000000751. The fraction of sp³-hybridized carbons (Fsp3) is 0.250. The lowest BCUT2D eigenvalue weighted by Gasteiger charge is -2.30. The molecule has 0 amide bonds. The highest BCUT2D eigenvalue weighted by Crippen LogP contribution is 2.41. The first-order valence-corrected chi connectivity index (χ1v) is 11.3. The number of halogens is 5. The monoisotopic (exact) mass is 569 g/mol. The predicted octanol–water partition coefficient (Wildman–Crippen LogP) is 6.15. The Labute approximate surface area is 218 Å². The quantitative estimate of drug-likeness (QED) is 0.215. The predicted molar refractivity (Wildman–Crippen MR) is 127 cm³/mol. The molecule has 2 heterocycles. The lowest BCUT2D eigenvalue weighted by Crippen LogP contribution is -2.34. The van der Waals surface area contributed by atoms with Crippen LogP contribution in [0.4, 0.5) is 0 Å². The maximum absolute atomic E-state index is 8.36. The molecule has 0 aliphatic carbocycles. The molecule has 0 unspecified atom stereocenters. The van der Waals surface area contributed by atoms with Gasteiger partial charge < -0.3 is 24.0 Å². The van der Waals surface area contributed by atoms with Crippen molar-refractivity contribution in [3.63, 3.8) is 0 Å². The summed E-state index contributed by atoms with van der Waals surface area (Å²) in [6.07, 6.45) is 4.81. The summed E-state index contributed by atoms with van der Waals surface area (Å²) >= 11 is 30.6. The summed E-state index contributed by atoms with van der Waals surface area (Å²) in [6.45, 7) is 0.858. The summed E-state index contributed by atoms with van der Waals surface area (Å²) in [7, 11) is 0. The fourth-order valence-corrected chi connectivity index (χ4v) is 4.31. The Morgan fingerprint density at radius 2 is 1.85 bits per heavy atom. The van der Waals surface area contributed by atoms with Crippen LogP contribution in [0.15, 0.2) is 49.1 Å². The molecule has 1 saturated heterocycles. The summed E-state index contributed by atoms with van der Waals surface area (Å²) in [5.74, 6) is -0.638. The van der Waals surface area contributed by atoms with Gasteiger partial charge in [-0.2, -0.15) is 0 Å². The van der Waals surface area contributed by atoms with Crippen molar-refractivity contribution < 1.29 is 24.5 Å². The maximum atomic E-state index is 8.36.